The minimum absolute atomic E-state index is 0.00513. The first-order valence-electron chi connectivity index (χ1n) is 12.9. The van der Waals surface area contributed by atoms with E-state index >= 15 is 0 Å². The van der Waals surface area contributed by atoms with E-state index in [0.29, 0.717) is 22.6 Å². The number of aliphatic hydroxyl groups excluding tert-OH is 3. The van der Waals surface area contributed by atoms with Gasteiger partial charge in [-0.1, -0.05) is 36.8 Å². The zero-order valence-corrected chi connectivity index (χ0v) is 22.2. The predicted octanol–water partition coefficient (Wildman–Crippen LogP) is 1.13. The first-order valence-corrected chi connectivity index (χ1v) is 12.9. The molecule has 2 aromatic rings. The topological polar surface area (TPSA) is 146 Å². The van der Waals surface area contributed by atoms with Crippen molar-refractivity contribution < 1.29 is 39.2 Å². The van der Waals surface area contributed by atoms with E-state index in [1.165, 1.54) is 18.1 Å². The van der Waals surface area contributed by atoms with Crippen LogP contribution in [0, 0.1) is 6.92 Å². The molecule has 1 heterocycles. The lowest BCUT2D eigenvalue weighted by atomic mass is 9.77. The number of aliphatic hydroxyl groups is 3. The van der Waals surface area contributed by atoms with Crippen LogP contribution in [0.1, 0.15) is 41.5 Å². The molecule has 2 amide bonds. The van der Waals surface area contributed by atoms with Gasteiger partial charge in [-0.2, -0.15) is 0 Å². The van der Waals surface area contributed by atoms with Crippen LogP contribution in [0.5, 0.6) is 11.5 Å². The average molecular weight is 539 g/mol. The molecule has 208 valence electrons. The number of amides is 2. The molecular weight excluding hydrogens is 504 g/mol. The van der Waals surface area contributed by atoms with Gasteiger partial charge >= 0.3 is 0 Å². The Hall–Kier alpha value is -3.73. The van der Waals surface area contributed by atoms with E-state index in [2.05, 4.69) is 5.32 Å². The summed E-state index contributed by atoms with van der Waals surface area (Å²) in [5, 5.41) is 33.4. The molecule has 4 N–H and O–H groups in total. The molecule has 0 saturated carbocycles. The van der Waals surface area contributed by atoms with Gasteiger partial charge < -0.3 is 35.0 Å². The molecule has 10 heteroatoms. The summed E-state index contributed by atoms with van der Waals surface area (Å²) in [6, 6.07) is 9.69. The van der Waals surface area contributed by atoms with Crippen LogP contribution in [-0.2, 0) is 27.5 Å². The van der Waals surface area contributed by atoms with Crippen molar-refractivity contribution >= 4 is 17.6 Å². The molecule has 4 rings (SSSR count). The van der Waals surface area contributed by atoms with Gasteiger partial charge in [-0.25, -0.2) is 0 Å². The number of hydrogen-bond acceptors (Lipinski definition) is 8. The maximum Gasteiger partial charge on any atom is 0.290 e. The van der Waals surface area contributed by atoms with E-state index in [-0.39, 0.29) is 38.3 Å². The van der Waals surface area contributed by atoms with Gasteiger partial charge in [-0.15, -0.1) is 0 Å². The van der Waals surface area contributed by atoms with Gasteiger partial charge in [0, 0.05) is 30.6 Å². The van der Waals surface area contributed by atoms with Crippen LogP contribution in [0.4, 0.5) is 0 Å². The van der Waals surface area contributed by atoms with Gasteiger partial charge in [0.05, 0.1) is 32.3 Å². The lowest BCUT2D eigenvalue weighted by Crippen LogP contribution is -2.56. The van der Waals surface area contributed by atoms with E-state index < -0.39 is 41.8 Å². The number of methoxy groups -OCH3 is 1. The number of nitrogens with zero attached hydrogens (tertiary/aromatic N) is 1. The number of carbonyl (C=O) groups is 3. The second-order valence-corrected chi connectivity index (χ2v) is 9.71. The van der Waals surface area contributed by atoms with Gasteiger partial charge in [0.1, 0.15) is 12.2 Å². The van der Waals surface area contributed by atoms with Crippen LogP contribution in [0.15, 0.2) is 48.0 Å². The summed E-state index contributed by atoms with van der Waals surface area (Å²) in [7, 11) is 1.45. The first kappa shape index (κ1) is 28.3. The fourth-order valence-corrected chi connectivity index (χ4v) is 5.13. The number of ketones is 1. The number of fused-ring (bicyclic) bond motifs is 3. The van der Waals surface area contributed by atoms with Crippen molar-refractivity contribution in [3.8, 4) is 11.5 Å². The molecule has 4 atom stereocenters. The molecule has 0 saturated heterocycles. The van der Waals surface area contributed by atoms with Gasteiger partial charge in [-0.05, 0) is 36.3 Å². The molecule has 1 aliphatic carbocycles. The van der Waals surface area contributed by atoms with Crippen LogP contribution in [0.25, 0.3) is 0 Å². The number of Topliss-reactive ketones (excluding diaryl/α,β-unsaturated/α-hetero) is 1. The third-order valence-electron chi connectivity index (χ3n) is 7.15. The number of hydrogen-bond donors (Lipinski definition) is 4. The lowest BCUT2D eigenvalue weighted by molar-refractivity contribution is -0.148. The molecule has 1 aliphatic heterocycles. The van der Waals surface area contributed by atoms with E-state index in [1.54, 1.807) is 19.1 Å². The highest BCUT2D eigenvalue weighted by atomic mass is 16.5. The van der Waals surface area contributed by atoms with E-state index in [9.17, 15) is 29.7 Å². The Morgan fingerprint density at radius 2 is 1.82 bits per heavy atom. The van der Waals surface area contributed by atoms with Gasteiger partial charge in [-0.3, -0.25) is 14.4 Å². The number of nitrogens with one attached hydrogen (secondary N) is 1. The van der Waals surface area contributed by atoms with Crippen LogP contribution >= 0.6 is 0 Å². The second kappa shape index (κ2) is 12.0. The van der Waals surface area contributed by atoms with Crippen LogP contribution < -0.4 is 14.8 Å². The molecule has 0 fully saturated rings. The summed E-state index contributed by atoms with van der Waals surface area (Å²) in [4.78, 5) is 40.6. The van der Waals surface area contributed by atoms with Crippen LogP contribution in [0.2, 0.25) is 0 Å². The summed E-state index contributed by atoms with van der Waals surface area (Å²) in [5.74, 6) is -2.00. The van der Waals surface area contributed by atoms with Crippen LogP contribution in [0.3, 0.4) is 0 Å². The summed E-state index contributed by atoms with van der Waals surface area (Å²) < 4.78 is 11.7. The molecule has 39 heavy (non-hydrogen) atoms. The number of benzene rings is 2. The summed E-state index contributed by atoms with van der Waals surface area (Å²) in [5.41, 5.74) is 3.07. The fraction of sp³-hybridized carbons (Fsp3) is 0.414. The molecule has 0 aromatic heterocycles. The highest BCUT2D eigenvalue weighted by molar-refractivity contribution is 6.36. The van der Waals surface area contributed by atoms with Crippen molar-refractivity contribution in [2.75, 3.05) is 20.3 Å². The highest BCUT2D eigenvalue weighted by Crippen LogP contribution is 2.51. The lowest BCUT2D eigenvalue weighted by Gasteiger charge is -2.40. The molecule has 2 aliphatic rings. The van der Waals surface area contributed by atoms with Crippen LogP contribution in [-0.4, -0.2) is 76.3 Å². The molecule has 0 bridgehead atoms. The normalized spacial score (nSPS) is 21.2. The Morgan fingerprint density at radius 1 is 1.10 bits per heavy atom. The second-order valence-electron chi connectivity index (χ2n) is 9.71. The molecule has 0 radical (unpaired) electrons. The molecular formula is C29H34N2O8. The third-order valence-corrected chi connectivity index (χ3v) is 7.15. The summed E-state index contributed by atoms with van der Waals surface area (Å²) in [6.07, 6.45) is -0.810. The van der Waals surface area contributed by atoms with Crippen molar-refractivity contribution in [1.82, 2.24) is 10.2 Å². The van der Waals surface area contributed by atoms with Gasteiger partial charge in [0.25, 0.3) is 5.91 Å². The highest BCUT2D eigenvalue weighted by Gasteiger charge is 2.51. The third kappa shape index (κ3) is 5.54. The van der Waals surface area contributed by atoms with Crippen molar-refractivity contribution in [3.05, 3.63) is 70.3 Å². The predicted molar refractivity (Wildman–Crippen MR) is 141 cm³/mol. The van der Waals surface area contributed by atoms with E-state index in [0.717, 1.165) is 11.1 Å². The fourth-order valence-electron chi connectivity index (χ4n) is 5.13. The Labute approximate surface area is 226 Å². The van der Waals surface area contributed by atoms with Crippen molar-refractivity contribution in [1.29, 1.82) is 0 Å². The monoisotopic (exact) mass is 538 g/mol. The maximum absolute atomic E-state index is 13.4. The molecule has 0 spiro atoms. The Balaban J connectivity index is 1.83. The summed E-state index contributed by atoms with van der Waals surface area (Å²) in [6.45, 7) is 2.98. The Bertz CT molecular complexity index is 1270. The Morgan fingerprint density at radius 3 is 2.44 bits per heavy atom. The smallest absolute Gasteiger partial charge is 0.290 e. The number of rotatable bonds is 10. The van der Waals surface area contributed by atoms with Crippen molar-refractivity contribution in [2.24, 2.45) is 0 Å². The van der Waals surface area contributed by atoms with Gasteiger partial charge in [0.2, 0.25) is 11.7 Å². The number of carbonyl (C=O) groups excluding carboxylic acids is 3. The van der Waals surface area contributed by atoms with Crippen molar-refractivity contribution in [3.63, 3.8) is 0 Å². The minimum Gasteiger partial charge on any atom is -0.493 e. The van der Waals surface area contributed by atoms with E-state index in [1.807, 2.05) is 31.2 Å². The standard InChI is InChI=1S/C29H34N2O8/c1-4-22(34)29(37)31(14-17-7-5-16(2)6-8-17)21-13-20(28(36)30-9-10-32)24-19-11-18(15-33)12-23(38-3)26(19)39-27(24)25(21)35/h5-8,11-13,21,24-25,27,32-33,35H,4,9-10,14-15H2,1-3H3,(H,30,36)/t21-,24+,25+,27+/m1/s1. The quantitative estimate of drug-likeness (QED) is 0.330. The van der Waals surface area contributed by atoms with Crippen molar-refractivity contribution in [2.45, 2.75) is 57.6 Å². The zero-order valence-electron chi connectivity index (χ0n) is 22.2. The SMILES string of the molecule is CCC(=O)C(=O)N(Cc1ccc(C)cc1)[C@@H]1C=C(C(=O)NCCO)[C@@H]2c3cc(CO)cc(OC)c3O[C@@H]2[C@H]1O. The maximum atomic E-state index is 13.4. The zero-order chi connectivity index (χ0) is 28.3. The summed E-state index contributed by atoms with van der Waals surface area (Å²) >= 11 is 0. The molecule has 10 nitrogen and oxygen atoms in total. The number of aryl methyl sites for hydroxylation is 1. The molecule has 2 aromatic carbocycles. The average Bonchev–Trinajstić information content (AvgIpc) is 3.34. The first-order chi connectivity index (χ1) is 18.7. The molecule has 0 unspecified atom stereocenters. The minimum atomic E-state index is -1.31. The Kier molecular flexibility index (Phi) is 8.69. The van der Waals surface area contributed by atoms with E-state index in [4.69, 9.17) is 9.47 Å². The van der Waals surface area contributed by atoms with Gasteiger partial charge in [0.15, 0.2) is 11.5 Å². The largest absolute Gasteiger partial charge is 0.493 e. The number of ether oxygens (including phenoxy) is 2.